The molecule has 4 aromatic carbocycles. The second-order valence-electron chi connectivity index (χ2n) is 36.1. The standard InChI is InChI=1S/C85H132O12S4/c1-77(2,3)61-45-57(73(90)65(49-61)81(13,14)15)29-25-37-98-41-33-69(86)94-53-85(54-95-70(87)34-42-99-38-26-30-58-46-62(78(4,5)6)50-66(74(58)91)82(16,17)18,55-96-71(88)35-43-100-39-27-31-59-47-63(79(7,8)9)51-67(75(59)92)83(19,20)21)56-97-72(89)36-44-101-40-28-32-60-48-64(80(10,11)12)52-68(76(60)93)84(22,23)24/h45-52,90-93H,25-44,53-56H2,1-24H3. The maximum Gasteiger partial charge on any atom is 0.306 e. The summed E-state index contributed by atoms with van der Waals surface area (Å²) in [6.07, 6.45) is 6.12. The van der Waals surface area contributed by atoms with Gasteiger partial charge in [0.05, 0.1) is 25.7 Å². The molecule has 101 heavy (non-hydrogen) atoms. The Hall–Kier alpha value is -4.64. The second-order valence-corrected chi connectivity index (χ2v) is 41.0. The third-order valence-corrected chi connectivity index (χ3v) is 22.6. The van der Waals surface area contributed by atoms with Gasteiger partial charge in [-0.15, -0.1) is 0 Å². The molecule has 0 saturated heterocycles. The van der Waals surface area contributed by atoms with Gasteiger partial charge >= 0.3 is 23.9 Å². The van der Waals surface area contributed by atoms with Crippen LogP contribution in [0.1, 0.15) is 284 Å². The van der Waals surface area contributed by atoms with Crippen molar-refractivity contribution in [2.45, 2.75) is 287 Å². The number of rotatable bonds is 36. The zero-order chi connectivity index (χ0) is 76.3. The van der Waals surface area contributed by atoms with Crippen LogP contribution in [0.15, 0.2) is 48.5 Å². The van der Waals surface area contributed by atoms with Crippen molar-refractivity contribution in [2.75, 3.05) is 72.5 Å². The summed E-state index contributed by atoms with van der Waals surface area (Å²) in [5, 5.41) is 45.6. The maximum atomic E-state index is 13.8. The van der Waals surface area contributed by atoms with Crippen molar-refractivity contribution in [2.24, 2.45) is 5.41 Å². The summed E-state index contributed by atoms with van der Waals surface area (Å²) in [6.45, 7) is 50.0. The molecule has 0 aliphatic rings. The predicted molar refractivity (Wildman–Crippen MR) is 429 cm³/mol. The predicted octanol–water partition coefficient (Wildman–Crippen LogP) is 20.4. The average Bonchev–Trinajstić information content (AvgIpc) is 0.763. The molecule has 4 N–H and O–H groups in total. The van der Waals surface area contributed by atoms with Crippen LogP contribution in [-0.4, -0.2) is 117 Å². The fourth-order valence-corrected chi connectivity index (χ4v) is 15.0. The van der Waals surface area contributed by atoms with Gasteiger partial charge in [-0.3, -0.25) is 19.2 Å². The van der Waals surface area contributed by atoms with Crippen LogP contribution in [0.4, 0.5) is 0 Å². The number of aryl methyl sites for hydroxylation is 4. The van der Waals surface area contributed by atoms with Gasteiger partial charge in [-0.05, 0) is 184 Å². The minimum atomic E-state index is -1.45. The molecule has 0 aromatic heterocycles. The first-order valence-electron chi connectivity index (χ1n) is 36.9. The van der Waals surface area contributed by atoms with Gasteiger partial charge in [-0.25, -0.2) is 0 Å². The number of hydrogen-bond acceptors (Lipinski definition) is 16. The monoisotopic (exact) mass is 1470 g/mol. The molecule has 4 rings (SSSR count). The molecule has 12 nitrogen and oxygen atoms in total. The number of hydrogen-bond donors (Lipinski definition) is 4. The molecule has 0 heterocycles. The fourth-order valence-electron chi connectivity index (χ4n) is 11.5. The lowest BCUT2D eigenvalue weighted by molar-refractivity contribution is -0.170. The van der Waals surface area contributed by atoms with E-state index < -0.39 is 29.3 Å². The highest BCUT2D eigenvalue weighted by atomic mass is 32.2. The molecule has 0 radical (unpaired) electrons. The lowest BCUT2D eigenvalue weighted by atomic mass is 9.78. The molecule has 0 spiro atoms. The Morgan fingerprint density at radius 1 is 0.277 bits per heavy atom. The zero-order valence-corrected chi connectivity index (χ0v) is 70.0. The van der Waals surface area contributed by atoms with Gasteiger partial charge in [0.2, 0.25) is 0 Å². The van der Waals surface area contributed by atoms with E-state index in [-0.39, 0.29) is 95.4 Å². The Bertz CT molecular complexity index is 2900. The first kappa shape index (κ1) is 88.8. The molecule has 0 unspecified atom stereocenters. The third kappa shape index (κ3) is 29.7. The smallest absolute Gasteiger partial charge is 0.306 e. The first-order chi connectivity index (χ1) is 46.4. The van der Waals surface area contributed by atoms with E-state index in [1.165, 1.54) is 22.3 Å². The van der Waals surface area contributed by atoms with E-state index in [2.05, 4.69) is 215 Å². The van der Waals surface area contributed by atoms with Gasteiger partial charge in [-0.2, -0.15) is 47.0 Å². The molecule has 0 atom stereocenters. The van der Waals surface area contributed by atoms with Gasteiger partial charge in [0, 0.05) is 23.0 Å². The summed E-state index contributed by atoms with van der Waals surface area (Å²) in [6, 6.07) is 17.0. The van der Waals surface area contributed by atoms with E-state index in [4.69, 9.17) is 18.9 Å². The van der Waals surface area contributed by atoms with Crippen LogP contribution in [0.5, 0.6) is 23.0 Å². The average molecular weight is 1470 g/mol. The maximum absolute atomic E-state index is 13.8. The van der Waals surface area contributed by atoms with Crippen molar-refractivity contribution in [1.29, 1.82) is 0 Å². The molecule has 0 bridgehead atoms. The number of phenolic OH excluding ortho intramolecular Hbond substituents is 4. The summed E-state index contributed by atoms with van der Waals surface area (Å²) >= 11 is 6.46. The van der Waals surface area contributed by atoms with Crippen LogP contribution in [0.25, 0.3) is 0 Å². The summed E-state index contributed by atoms with van der Waals surface area (Å²) in [5.41, 5.74) is 9.26. The number of benzene rings is 4. The molecule has 4 aromatic rings. The Morgan fingerprint density at radius 2 is 0.455 bits per heavy atom. The van der Waals surface area contributed by atoms with Crippen LogP contribution in [0, 0.1) is 5.41 Å². The summed E-state index contributed by atoms with van der Waals surface area (Å²) in [5.74, 6) is 4.16. The topological polar surface area (TPSA) is 186 Å². The van der Waals surface area contributed by atoms with Crippen LogP contribution < -0.4 is 0 Å². The zero-order valence-electron chi connectivity index (χ0n) is 66.8. The highest BCUT2D eigenvalue weighted by molar-refractivity contribution is 7.99. The molecule has 16 heteroatoms. The normalized spacial score (nSPS) is 13.0. The minimum Gasteiger partial charge on any atom is -0.507 e. The molecule has 0 fully saturated rings. The van der Waals surface area contributed by atoms with Crippen LogP contribution in [0.2, 0.25) is 0 Å². The van der Waals surface area contributed by atoms with Crippen molar-refractivity contribution >= 4 is 70.9 Å². The Balaban J connectivity index is 1.51. The van der Waals surface area contributed by atoms with Crippen molar-refractivity contribution in [3.05, 3.63) is 115 Å². The van der Waals surface area contributed by atoms with E-state index in [1.54, 1.807) is 47.0 Å². The SMILES string of the molecule is CC(C)(C)c1cc(CCCSCCC(=O)OCC(COC(=O)CCSCCCc2cc(C(C)(C)C)cc(C(C)(C)C)c2O)(COC(=O)CCSCCCc2cc(C(C)(C)C)cc(C(C)(C)C)c2O)COC(=O)CCSCCCc2cc(C(C)(C)C)cc(C(C)(C)C)c2O)c(O)c(C(C)(C)C)c1. The highest BCUT2D eigenvalue weighted by Gasteiger charge is 2.39. The molecule has 0 amide bonds. The van der Waals surface area contributed by atoms with Gasteiger partial charge in [0.25, 0.3) is 0 Å². The van der Waals surface area contributed by atoms with Crippen LogP contribution >= 0.6 is 47.0 Å². The number of carbonyl (C=O) groups excluding carboxylic acids is 4. The lowest BCUT2D eigenvalue weighted by Crippen LogP contribution is -2.44. The van der Waals surface area contributed by atoms with Gasteiger partial charge in [-0.1, -0.05) is 215 Å². The molecule has 0 aliphatic carbocycles. The number of aromatic hydroxyl groups is 4. The molecule has 568 valence electrons. The van der Waals surface area contributed by atoms with Gasteiger partial charge in [0.15, 0.2) is 0 Å². The quantitative estimate of drug-likeness (QED) is 0.0191. The van der Waals surface area contributed by atoms with Crippen LogP contribution in [0.3, 0.4) is 0 Å². The van der Waals surface area contributed by atoms with E-state index in [0.29, 0.717) is 71.7 Å². The Labute approximate surface area is 628 Å². The number of esters is 4. The van der Waals surface area contributed by atoms with Crippen LogP contribution in [-0.2, 0) is 107 Å². The van der Waals surface area contributed by atoms with Crippen molar-refractivity contribution in [3.63, 3.8) is 0 Å². The van der Waals surface area contributed by atoms with Crippen molar-refractivity contribution in [1.82, 2.24) is 0 Å². The largest absolute Gasteiger partial charge is 0.507 e. The summed E-state index contributed by atoms with van der Waals surface area (Å²) in [4.78, 5) is 55.2. The Morgan fingerprint density at radius 3 is 0.614 bits per heavy atom. The van der Waals surface area contributed by atoms with Crippen molar-refractivity contribution in [3.8, 4) is 23.0 Å². The number of phenols is 4. The lowest BCUT2D eigenvalue weighted by Gasteiger charge is -2.31. The Kier molecular flexibility index (Phi) is 33.4. The first-order valence-corrected chi connectivity index (χ1v) is 41.5. The fraction of sp³-hybridized carbons (Fsp3) is 0.671. The third-order valence-electron chi connectivity index (χ3n) is 18.4. The molecular weight excluding hydrogens is 1340 g/mol. The van der Waals surface area contributed by atoms with E-state index in [0.717, 1.165) is 93.2 Å². The van der Waals surface area contributed by atoms with Gasteiger partial charge < -0.3 is 39.4 Å². The number of carbonyl (C=O) groups is 4. The summed E-state index contributed by atoms with van der Waals surface area (Å²) < 4.78 is 24.1. The minimum absolute atomic E-state index is 0.0723. The number of thioether (sulfide) groups is 4. The van der Waals surface area contributed by atoms with E-state index in [9.17, 15) is 39.6 Å². The summed E-state index contributed by atoms with van der Waals surface area (Å²) in [7, 11) is 0. The van der Waals surface area contributed by atoms with E-state index >= 15 is 0 Å². The van der Waals surface area contributed by atoms with Gasteiger partial charge in [0.1, 0.15) is 54.8 Å². The van der Waals surface area contributed by atoms with E-state index in [1.807, 2.05) is 0 Å². The molecule has 0 saturated carbocycles. The number of ether oxygens (including phenoxy) is 4. The molecular formula is C85H132O12S4. The second kappa shape index (κ2) is 38.1. The highest BCUT2D eigenvalue weighted by Crippen LogP contribution is 2.43. The van der Waals surface area contributed by atoms with Crippen molar-refractivity contribution < 1.29 is 58.6 Å². The molecule has 0 aliphatic heterocycles.